The van der Waals surface area contributed by atoms with Gasteiger partial charge in [0.1, 0.15) is 15.8 Å². The van der Waals surface area contributed by atoms with Crippen LogP contribution < -0.4 is 11.1 Å². The molecule has 0 aliphatic carbocycles. The summed E-state index contributed by atoms with van der Waals surface area (Å²) >= 11 is 1.13. The second kappa shape index (κ2) is 7.52. The van der Waals surface area contributed by atoms with Gasteiger partial charge in [0.2, 0.25) is 11.7 Å². The number of anilines is 2. The average molecular weight is 406 g/mol. The van der Waals surface area contributed by atoms with Crippen molar-refractivity contribution in [2.45, 2.75) is 5.92 Å². The van der Waals surface area contributed by atoms with Crippen molar-refractivity contribution in [3.63, 3.8) is 0 Å². The Labute approximate surface area is 171 Å². The molecule has 2 aromatic carbocycles. The van der Waals surface area contributed by atoms with Crippen LogP contribution in [0.1, 0.15) is 32.3 Å². The Bertz CT molecular complexity index is 1090. The highest BCUT2D eigenvalue weighted by Crippen LogP contribution is 2.49. The predicted octanol–water partition coefficient (Wildman–Crippen LogP) is 3.43. The summed E-state index contributed by atoms with van der Waals surface area (Å²) in [5.74, 6) is -3.08. The number of carbonyl (C=O) groups excluding carboxylic acids is 3. The molecule has 0 unspecified atom stereocenters. The standard InChI is InChI=1S/C22H18N2O4S/c1-28-22(27)16-14(12-8-4-2-5-9-12)15-17(23)19(29-21(15)24-20(16)26)18(25)13-10-6-3-7-11-13/h2-11,14,16H,23H2,1H3,(H,24,26)/t14-,16+/m0/s1. The number of ketones is 1. The molecule has 0 bridgehead atoms. The molecule has 0 saturated carbocycles. The number of carbonyl (C=O) groups is 3. The molecule has 146 valence electrons. The molecule has 3 N–H and O–H groups in total. The van der Waals surface area contributed by atoms with Gasteiger partial charge in [-0.05, 0) is 5.56 Å². The van der Waals surface area contributed by atoms with E-state index in [-0.39, 0.29) is 11.5 Å². The Balaban J connectivity index is 1.89. The number of nitrogens with one attached hydrogen (secondary N) is 1. The molecule has 3 aromatic rings. The maximum Gasteiger partial charge on any atom is 0.319 e. The van der Waals surface area contributed by atoms with E-state index in [0.717, 1.165) is 16.9 Å². The molecule has 0 spiro atoms. The van der Waals surface area contributed by atoms with Crippen LogP contribution in [0.25, 0.3) is 0 Å². The molecule has 29 heavy (non-hydrogen) atoms. The van der Waals surface area contributed by atoms with Gasteiger partial charge in [0.25, 0.3) is 0 Å². The van der Waals surface area contributed by atoms with E-state index in [1.165, 1.54) is 7.11 Å². The lowest BCUT2D eigenvalue weighted by atomic mass is 9.78. The number of fused-ring (bicyclic) bond motifs is 1. The summed E-state index contributed by atoms with van der Waals surface area (Å²) in [6.07, 6.45) is 0. The van der Waals surface area contributed by atoms with E-state index < -0.39 is 23.7 Å². The van der Waals surface area contributed by atoms with Gasteiger partial charge in [0.05, 0.1) is 12.8 Å². The van der Waals surface area contributed by atoms with Crippen molar-refractivity contribution in [3.8, 4) is 0 Å². The molecule has 1 amide bonds. The highest BCUT2D eigenvalue weighted by Gasteiger charge is 2.45. The first kappa shape index (κ1) is 18.9. The summed E-state index contributed by atoms with van der Waals surface area (Å²) < 4.78 is 4.89. The van der Waals surface area contributed by atoms with Gasteiger partial charge in [-0.2, -0.15) is 0 Å². The molecule has 1 aliphatic heterocycles. The van der Waals surface area contributed by atoms with Crippen LogP contribution in [0.4, 0.5) is 10.7 Å². The fraction of sp³-hybridized carbons (Fsp3) is 0.136. The van der Waals surface area contributed by atoms with E-state index in [9.17, 15) is 14.4 Å². The second-order valence-corrected chi connectivity index (χ2v) is 7.68. The summed E-state index contributed by atoms with van der Waals surface area (Å²) in [5, 5.41) is 3.23. The largest absolute Gasteiger partial charge is 0.468 e. The third kappa shape index (κ3) is 3.19. The van der Waals surface area contributed by atoms with Crippen molar-refractivity contribution in [2.24, 2.45) is 5.92 Å². The molecule has 4 rings (SSSR count). The quantitative estimate of drug-likeness (QED) is 0.393. The highest BCUT2D eigenvalue weighted by atomic mass is 32.1. The first-order chi connectivity index (χ1) is 14.0. The Morgan fingerprint density at radius 1 is 1.03 bits per heavy atom. The lowest BCUT2D eigenvalue weighted by molar-refractivity contribution is -0.149. The van der Waals surface area contributed by atoms with Crippen LogP contribution in [-0.4, -0.2) is 24.8 Å². The molecule has 0 radical (unpaired) electrons. The second-order valence-electron chi connectivity index (χ2n) is 6.66. The highest BCUT2D eigenvalue weighted by molar-refractivity contribution is 7.19. The topological polar surface area (TPSA) is 98.5 Å². The van der Waals surface area contributed by atoms with Gasteiger partial charge in [-0.1, -0.05) is 60.7 Å². The van der Waals surface area contributed by atoms with Crippen LogP contribution in [0.2, 0.25) is 0 Å². The number of hydrogen-bond acceptors (Lipinski definition) is 6. The smallest absolute Gasteiger partial charge is 0.319 e. The summed E-state index contributed by atoms with van der Waals surface area (Å²) in [6.45, 7) is 0. The summed E-state index contributed by atoms with van der Waals surface area (Å²) in [5.41, 5.74) is 8.54. The minimum atomic E-state index is -1.09. The maximum atomic E-state index is 13.0. The Morgan fingerprint density at radius 2 is 1.66 bits per heavy atom. The van der Waals surface area contributed by atoms with Crippen LogP contribution in [0, 0.1) is 5.92 Å². The van der Waals surface area contributed by atoms with Crippen LogP contribution in [-0.2, 0) is 14.3 Å². The van der Waals surface area contributed by atoms with Crippen molar-refractivity contribution in [1.29, 1.82) is 0 Å². The first-order valence-corrected chi connectivity index (χ1v) is 9.80. The molecular weight excluding hydrogens is 388 g/mol. The van der Waals surface area contributed by atoms with Crippen molar-refractivity contribution in [1.82, 2.24) is 0 Å². The number of thiophene rings is 1. The number of rotatable bonds is 4. The number of esters is 1. The van der Waals surface area contributed by atoms with Gasteiger partial charge < -0.3 is 15.8 Å². The summed E-state index contributed by atoms with van der Waals surface area (Å²) in [4.78, 5) is 38.6. The number of benzene rings is 2. The number of nitrogens with two attached hydrogens (primary N) is 1. The van der Waals surface area contributed by atoms with Crippen molar-refractivity contribution < 1.29 is 19.1 Å². The maximum absolute atomic E-state index is 13.0. The number of amides is 1. The minimum Gasteiger partial charge on any atom is -0.468 e. The van der Waals surface area contributed by atoms with E-state index >= 15 is 0 Å². The fourth-order valence-electron chi connectivity index (χ4n) is 3.64. The third-order valence-corrected chi connectivity index (χ3v) is 6.14. The summed E-state index contributed by atoms with van der Waals surface area (Å²) in [7, 11) is 1.24. The third-order valence-electron chi connectivity index (χ3n) is 5.00. The van der Waals surface area contributed by atoms with E-state index in [0.29, 0.717) is 21.0 Å². The van der Waals surface area contributed by atoms with Crippen LogP contribution in [0.15, 0.2) is 60.7 Å². The minimum absolute atomic E-state index is 0.224. The Kier molecular flexibility index (Phi) is 4.90. The van der Waals surface area contributed by atoms with E-state index in [4.69, 9.17) is 10.5 Å². The van der Waals surface area contributed by atoms with Gasteiger partial charge in [-0.25, -0.2) is 0 Å². The zero-order chi connectivity index (χ0) is 20.5. The van der Waals surface area contributed by atoms with Crippen LogP contribution >= 0.6 is 11.3 Å². The van der Waals surface area contributed by atoms with Crippen molar-refractivity contribution in [3.05, 3.63) is 82.2 Å². The number of ether oxygens (including phenoxy) is 1. The number of nitrogen functional groups attached to an aromatic ring is 1. The van der Waals surface area contributed by atoms with Gasteiger partial charge in [-0.3, -0.25) is 14.4 Å². The normalized spacial score (nSPS) is 17.9. The summed E-state index contributed by atoms with van der Waals surface area (Å²) in [6, 6.07) is 18.0. The van der Waals surface area contributed by atoms with Gasteiger partial charge in [-0.15, -0.1) is 11.3 Å². The molecule has 0 saturated heterocycles. The Hall–Kier alpha value is -3.45. The molecule has 1 aliphatic rings. The van der Waals surface area contributed by atoms with E-state index in [2.05, 4.69) is 5.32 Å². The predicted molar refractivity (Wildman–Crippen MR) is 111 cm³/mol. The molecule has 0 fully saturated rings. The lowest BCUT2D eigenvalue weighted by Crippen LogP contribution is -2.39. The molecule has 2 heterocycles. The van der Waals surface area contributed by atoms with Gasteiger partial charge in [0, 0.05) is 17.0 Å². The Morgan fingerprint density at radius 3 is 2.28 bits per heavy atom. The zero-order valence-corrected chi connectivity index (χ0v) is 16.4. The molecule has 7 heteroatoms. The van der Waals surface area contributed by atoms with Crippen LogP contribution in [0.3, 0.4) is 0 Å². The SMILES string of the molecule is COC(=O)[C@H]1C(=O)Nc2sc(C(=O)c3ccccc3)c(N)c2[C@@H]1c1ccccc1. The van der Waals surface area contributed by atoms with Crippen molar-refractivity contribution in [2.75, 3.05) is 18.2 Å². The van der Waals surface area contributed by atoms with Crippen molar-refractivity contribution >= 4 is 39.7 Å². The first-order valence-electron chi connectivity index (χ1n) is 8.98. The number of hydrogen-bond donors (Lipinski definition) is 2. The molecule has 6 nitrogen and oxygen atoms in total. The lowest BCUT2D eigenvalue weighted by Gasteiger charge is -2.30. The zero-order valence-electron chi connectivity index (χ0n) is 15.5. The molecule has 2 atom stereocenters. The van der Waals surface area contributed by atoms with E-state index in [1.807, 2.05) is 36.4 Å². The van der Waals surface area contributed by atoms with Gasteiger partial charge >= 0.3 is 5.97 Å². The molecule has 1 aromatic heterocycles. The average Bonchev–Trinajstić information content (AvgIpc) is 3.08. The molecular formula is C22H18N2O4S. The van der Waals surface area contributed by atoms with Gasteiger partial charge in [0.15, 0.2) is 0 Å². The number of methoxy groups -OCH3 is 1. The monoisotopic (exact) mass is 406 g/mol. The van der Waals surface area contributed by atoms with Crippen LogP contribution in [0.5, 0.6) is 0 Å². The fourth-order valence-corrected chi connectivity index (χ4v) is 4.78. The van der Waals surface area contributed by atoms with E-state index in [1.54, 1.807) is 24.3 Å².